The van der Waals surface area contributed by atoms with E-state index in [4.69, 9.17) is 0 Å². The first-order chi connectivity index (χ1) is 12.1. The number of amides is 1. The van der Waals surface area contributed by atoms with Crippen LogP contribution in [0.2, 0.25) is 0 Å². The van der Waals surface area contributed by atoms with E-state index in [1.54, 1.807) is 54.3 Å². The highest BCUT2D eigenvalue weighted by Gasteiger charge is 2.36. The molecule has 2 aliphatic rings. The summed E-state index contributed by atoms with van der Waals surface area (Å²) >= 11 is 0. The zero-order valence-corrected chi connectivity index (χ0v) is 14.2. The summed E-state index contributed by atoms with van der Waals surface area (Å²) in [5, 5.41) is 2.90. The lowest BCUT2D eigenvalue weighted by atomic mass is 10.1. The molecule has 2 fully saturated rings. The number of hydrogen-bond acceptors (Lipinski definition) is 3. The van der Waals surface area contributed by atoms with Gasteiger partial charge in [0.1, 0.15) is 0 Å². The molecule has 128 valence electrons. The minimum Gasteiger partial charge on any atom is -0.331 e. The fourth-order valence-corrected chi connectivity index (χ4v) is 3.15. The number of benzene rings is 1. The Morgan fingerprint density at radius 1 is 1.12 bits per heavy atom. The lowest BCUT2D eigenvalue weighted by Gasteiger charge is -2.07. The molecule has 0 unspecified atom stereocenters. The number of anilines is 1. The quantitative estimate of drug-likeness (QED) is 0.650. The molecule has 2 aliphatic carbocycles. The van der Waals surface area contributed by atoms with Gasteiger partial charge in [-0.25, -0.2) is 4.98 Å². The molecular formula is C20H21N3O2. The largest absolute Gasteiger partial charge is 0.331 e. The maximum Gasteiger partial charge on any atom is 0.248 e. The molecular weight excluding hydrogens is 314 g/mol. The number of rotatable bonds is 6. The molecule has 1 heterocycles. The number of carbonyl (C=O) groups is 2. The van der Waals surface area contributed by atoms with Crippen LogP contribution in [0.3, 0.4) is 0 Å². The Labute approximate surface area is 146 Å². The van der Waals surface area contributed by atoms with Crippen LogP contribution in [0.15, 0.2) is 48.3 Å². The highest BCUT2D eigenvalue weighted by Crippen LogP contribution is 2.48. The maximum atomic E-state index is 12.4. The average molecular weight is 335 g/mol. The number of hydrogen-bond donors (Lipinski definition) is 1. The summed E-state index contributed by atoms with van der Waals surface area (Å²) in [6, 6.07) is 6.96. The van der Waals surface area contributed by atoms with Gasteiger partial charge in [0.15, 0.2) is 5.82 Å². The van der Waals surface area contributed by atoms with Gasteiger partial charge in [0.2, 0.25) is 11.7 Å². The van der Waals surface area contributed by atoms with E-state index in [0.717, 1.165) is 0 Å². The van der Waals surface area contributed by atoms with E-state index in [1.807, 2.05) is 0 Å². The molecule has 1 aromatic carbocycles. The number of carbonyl (C=O) groups excluding carboxylic acids is 2. The second kappa shape index (κ2) is 6.31. The van der Waals surface area contributed by atoms with Crippen LogP contribution in [0.5, 0.6) is 0 Å². The first kappa shape index (κ1) is 15.8. The maximum absolute atomic E-state index is 12.4. The third-order valence-electron chi connectivity index (χ3n) is 4.83. The summed E-state index contributed by atoms with van der Waals surface area (Å²) in [5.41, 5.74) is 2.59. The highest BCUT2D eigenvalue weighted by molar-refractivity contribution is 6.07. The molecule has 0 aliphatic heterocycles. The highest BCUT2D eigenvalue weighted by atomic mass is 16.1. The Bertz CT molecular complexity index is 826. The minimum absolute atomic E-state index is 0.0722. The number of imidazole rings is 1. The van der Waals surface area contributed by atoms with Crippen LogP contribution in [0.1, 0.15) is 41.9 Å². The Hall–Kier alpha value is -2.69. The van der Waals surface area contributed by atoms with Gasteiger partial charge in [-0.05, 0) is 61.8 Å². The van der Waals surface area contributed by atoms with Crippen molar-refractivity contribution in [2.45, 2.75) is 25.7 Å². The van der Waals surface area contributed by atoms with Gasteiger partial charge in [0, 0.05) is 36.8 Å². The topological polar surface area (TPSA) is 64.0 Å². The van der Waals surface area contributed by atoms with Gasteiger partial charge in [-0.2, -0.15) is 0 Å². The van der Waals surface area contributed by atoms with Gasteiger partial charge < -0.3 is 9.88 Å². The second-order valence-electron chi connectivity index (χ2n) is 6.95. The van der Waals surface area contributed by atoms with E-state index in [2.05, 4.69) is 10.3 Å². The summed E-state index contributed by atoms with van der Waals surface area (Å²) in [6.07, 6.45) is 10.0. The third-order valence-corrected chi connectivity index (χ3v) is 4.83. The zero-order chi connectivity index (χ0) is 17.4. The predicted octanol–water partition coefficient (Wildman–Crippen LogP) is 3.34. The first-order valence-corrected chi connectivity index (χ1v) is 8.76. The lowest BCUT2D eigenvalue weighted by Crippen LogP contribution is -2.11. The Kier molecular flexibility index (Phi) is 3.99. The number of allylic oxidation sites excluding steroid dienone is 1. The molecule has 1 aromatic heterocycles. The molecule has 5 heteroatoms. The van der Waals surface area contributed by atoms with Crippen molar-refractivity contribution in [3.05, 3.63) is 59.7 Å². The molecule has 4 rings (SSSR count). The molecule has 0 radical (unpaired) electrons. The van der Waals surface area contributed by atoms with Crippen LogP contribution in [0.25, 0.3) is 0 Å². The van der Waals surface area contributed by atoms with Gasteiger partial charge in [0.25, 0.3) is 0 Å². The SMILES string of the molecule is Cn1ccnc1C(=O)c1ccc(NC(=O)C=C(C2CC2)C2CC2)cc1. The molecule has 2 saturated carbocycles. The van der Waals surface area contributed by atoms with Gasteiger partial charge >= 0.3 is 0 Å². The van der Waals surface area contributed by atoms with Crippen molar-refractivity contribution in [3.8, 4) is 0 Å². The van der Waals surface area contributed by atoms with Crippen LogP contribution < -0.4 is 5.32 Å². The standard InChI is InChI=1S/C20H21N3O2/c1-23-11-10-21-20(23)19(25)15-6-8-16(9-7-15)22-18(24)12-17(13-2-3-13)14-4-5-14/h6-14H,2-5H2,1H3,(H,22,24). The first-order valence-electron chi connectivity index (χ1n) is 8.76. The molecule has 2 aromatic rings. The van der Waals surface area contributed by atoms with E-state index < -0.39 is 0 Å². The summed E-state index contributed by atoms with van der Waals surface area (Å²) < 4.78 is 1.69. The van der Waals surface area contributed by atoms with Crippen molar-refractivity contribution in [1.82, 2.24) is 9.55 Å². The van der Waals surface area contributed by atoms with Crippen LogP contribution in [-0.2, 0) is 11.8 Å². The van der Waals surface area contributed by atoms with Crippen LogP contribution in [0.4, 0.5) is 5.69 Å². The lowest BCUT2D eigenvalue weighted by molar-refractivity contribution is -0.112. The monoisotopic (exact) mass is 335 g/mol. The van der Waals surface area contributed by atoms with E-state index in [0.29, 0.717) is 28.9 Å². The second-order valence-corrected chi connectivity index (χ2v) is 6.95. The molecule has 0 atom stereocenters. The molecule has 0 spiro atoms. The van der Waals surface area contributed by atoms with E-state index in [-0.39, 0.29) is 11.7 Å². The summed E-state index contributed by atoms with van der Waals surface area (Å²) in [6.45, 7) is 0. The normalized spacial score (nSPS) is 16.4. The molecule has 1 amide bonds. The number of aryl methyl sites for hydroxylation is 1. The van der Waals surface area contributed by atoms with E-state index >= 15 is 0 Å². The number of aromatic nitrogens is 2. The number of nitrogens with one attached hydrogen (secondary N) is 1. The van der Waals surface area contributed by atoms with Gasteiger partial charge in [-0.15, -0.1) is 0 Å². The third kappa shape index (κ3) is 3.55. The van der Waals surface area contributed by atoms with Crippen molar-refractivity contribution in [2.24, 2.45) is 18.9 Å². The van der Waals surface area contributed by atoms with Crippen molar-refractivity contribution in [2.75, 3.05) is 5.32 Å². The molecule has 0 bridgehead atoms. The van der Waals surface area contributed by atoms with Gasteiger partial charge in [0.05, 0.1) is 0 Å². The van der Waals surface area contributed by atoms with Crippen LogP contribution in [0, 0.1) is 11.8 Å². The number of ketones is 1. The Balaban J connectivity index is 1.43. The Morgan fingerprint density at radius 3 is 2.28 bits per heavy atom. The number of nitrogens with zero attached hydrogens (tertiary/aromatic N) is 2. The smallest absolute Gasteiger partial charge is 0.248 e. The summed E-state index contributed by atoms with van der Waals surface area (Å²) in [5.74, 6) is 1.47. The molecule has 25 heavy (non-hydrogen) atoms. The van der Waals surface area contributed by atoms with Crippen LogP contribution >= 0.6 is 0 Å². The molecule has 1 N–H and O–H groups in total. The van der Waals surface area contributed by atoms with Crippen LogP contribution in [-0.4, -0.2) is 21.2 Å². The van der Waals surface area contributed by atoms with Crippen molar-refractivity contribution in [3.63, 3.8) is 0 Å². The molecule has 0 saturated heterocycles. The van der Waals surface area contributed by atoms with E-state index in [9.17, 15) is 9.59 Å². The van der Waals surface area contributed by atoms with Gasteiger partial charge in [-0.1, -0.05) is 5.57 Å². The zero-order valence-electron chi connectivity index (χ0n) is 14.2. The fourth-order valence-electron chi connectivity index (χ4n) is 3.15. The van der Waals surface area contributed by atoms with Crippen molar-refractivity contribution >= 4 is 17.4 Å². The summed E-state index contributed by atoms with van der Waals surface area (Å²) in [7, 11) is 1.79. The van der Waals surface area contributed by atoms with Crippen molar-refractivity contribution < 1.29 is 9.59 Å². The fraction of sp³-hybridized carbons (Fsp3) is 0.350. The van der Waals surface area contributed by atoms with Gasteiger partial charge in [-0.3, -0.25) is 9.59 Å². The van der Waals surface area contributed by atoms with Crippen molar-refractivity contribution in [1.29, 1.82) is 0 Å². The Morgan fingerprint density at radius 2 is 1.76 bits per heavy atom. The minimum atomic E-state index is -0.130. The predicted molar refractivity (Wildman–Crippen MR) is 95.2 cm³/mol. The average Bonchev–Trinajstić information content (AvgIpc) is 3.52. The molecule has 5 nitrogen and oxygen atoms in total. The summed E-state index contributed by atoms with van der Waals surface area (Å²) in [4.78, 5) is 28.7. The van der Waals surface area contributed by atoms with E-state index in [1.165, 1.54) is 31.3 Å².